The molecule has 1 fully saturated rings. The maximum atomic E-state index is 12.9. The predicted octanol–water partition coefficient (Wildman–Crippen LogP) is 0.0809. The predicted molar refractivity (Wildman–Crippen MR) is 81.0 cm³/mol. The summed E-state index contributed by atoms with van der Waals surface area (Å²) in [5, 5.41) is 29.7. The van der Waals surface area contributed by atoms with Crippen LogP contribution in [0.5, 0.6) is 0 Å². The first-order valence-corrected chi connectivity index (χ1v) is 8.27. The van der Waals surface area contributed by atoms with Crippen LogP contribution in [0.25, 0.3) is 0 Å². The zero-order valence-corrected chi connectivity index (χ0v) is 13.6. The molecule has 24 heavy (non-hydrogen) atoms. The fourth-order valence-corrected chi connectivity index (χ4v) is 4.39. The molecule has 0 aromatic heterocycles. The summed E-state index contributed by atoms with van der Waals surface area (Å²) < 4.78 is 5.60. The lowest BCUT2D eigenvalue weighted by Gasteiger charge is -2.46. The van der Waals surface area contributed by atoms with Crippen LogP contribution in [0.3, 0.4) is 0 Å². The van der Waals surface area contributed by atoms with E-state index in [0.717, 1.165) is 0 Å². The SMILES string of the molecule is CC1CC(O)C2C(=O)C3=C(C(=O)C2C1O)[C@@H](C)O[C@H](CC(=O)O)C3. The van der Waals surface area contributed by atoms with Gasteiger partial charge in [0.25, 0.3) is 0 Å². The third-order valence-corrected chi connectivity index (χ3v) is 5.50. The van der Waals surface area contributed by atoms with Gasteiger partial charge in [0.05, 0.1) is 42.7 Å². The van der Waals surface area contributed by atoms with E-state index < -0.39 is 42.2 Å². The second-order valence-corrected chi connectivity index (χ2v) is 7.15. The van der Waals surface area contributed by atoms with Gasteiger partial charge in [-0.05, 0) is 19.3 Å². The maximum Gasteiger partial charge on any atom is 0.305 e. The van der Waals surface area contributed by atoms with E-state index in [9.17, 15) is 24.6 Å². The van der Waals surface area contributed by atoms with E-state index in [2.05, 4.69) is 0 Å². The Labute approximate surface area is 139 Å². The number of hydrogen-bond acceptors (Lipinski definition) is 6. The number of carbonyl (C=O) groups excluding carboxylic acids is 2. The summed E-state index contributed by atoms with van der Waals surface area (Å²) in [5.41, 5.74) is 0.510. The quantitative estimate of drug-likeness (QED) is 0.652. The van der Waals surface area contributed by atoms with Crippen LogP contribution in [0.4, 0.5) is 0 Å². The molecule has 1 aliphatic heterocycles. The number of carboxylic acid groups (broad SMARTS) is 1. The van der Waals surface area contributed by atoms with Crippen molar-refractivity contribution in [3.05, 3.63) is 11.1 Å². The highest BCUT2D eigenvalue weighted by atomic mass is 16.5. The number of aliphatic hydroxyl groups is 2. The molecule has 3 N–H and O–H groups in total. The van der Waals surface area contributed by atoms with Gasteiger partial charge >= 0.3 is 5.97 Å². The molecule has 7 atom stereocenters. The molecule has 0 bridgehead atoms. The molecular weight excluding hydrogens is 316 g/mol. The number of aliphatic hydroxyl groups excluding tert-OH is 2. The summed E-state index contributed by atoms with van der Waals surface area (Å²) in [6.45, 7) is 3.36. The van der Waals surface area contributed by atoms with E-state index >= 15 is 0 Å². The van der Waals surface area contributed by atoms with Crippen molar-refractivity contribution < 1.29 is 34.4 Å². The van der Waals surface area contributed by atoms with Crippen LogP contribution >= 0.6 is 0 Å². The van der Waals surface area contributed by atoms with Gasteiger partial charge in [0, 0.05) is 17.6 Å². The fourth-order valence-electron chi connectivity index (χ4n) is 4.39. The van der Waals surface area contributed by atoms with E-state index in [0.29, 0.717) is 0 Å². The molecule has 7 nitrogen and oxygen atoms in total. The van der Waals surface area contributed by atoms with E-state index in [1.165, 1.54) is 0 Å². The van der Waals surface area contributed by atoms with Gasteiger partial charge in [-0.25, -0.2) is 0 Å². The van der Waals surface area contributed by atoms with Gasteiger partial charge in [-0.15, -0.1) is 0 Å². The number of rotatable bonds is 2. The van der Waals surface area contributed by atoms with Crippen LogP contribution in [-0.2, 0) is 19.1 Å². The summed E-state index contributed by atoms with van der Waals surface area (Å²) in [4.78, 5) is 36.7. The Morgan fingerprint density at radius 3 is 2.46 bits per heavy atom. The topological polar surface area (TPSA) is 121 Å². The van der Waals surface area contributed by atoms with Crippen LogP contribution in [-0.4, -0.2) is 57.3 Å². The van der Waals surface area contributed by atoms with Crippen molar-refractivity contribution in [3.63, 3.8) is 0 Å². The van der Waals surface area contributed by atoms with Gasteiger partial charge in [0.1, 0.15) is 0 Å². The normalized spacial score (nSPS) is 42.6. The first-order valence-electron chi connectivity index (χ1n) is 8.27. The minimum atomic E-state index is -1.04. The molecule has 1 heterocycles. The first kappa shape index (κ1) is 17.3. The molecule has 132 valence electrons. The average Bonchev–Trinajstić information content (AvgIpc) is 2.47. The first-order chi connectivity index (χ1) is 11.2. The molecule has 2 aliphatic carbocycles. The molecular formula is C17H22O7. The van der Waals surface area contributed by atoms with Crippen LogP contribution in [0.15, 0.2) is 11.1 Å². The second kappa shape index (κ2) is 6.06. The van der Waals surface area contributed by atoms with Gasteiger partial charge in [0.2, 0.25) is 0 Å². The number of Topliss-reactive ketones (excluding diaryl/α,β-unsaturated/α-hetero) is 2. The van der Waals surface area contributed by atoms with Crippen molar-refractivity contribution in [2.75, 3.05) is 0 Å². The molecule has 0 aromatic rings. The van der Waals surface area contributed by atoms with E-state index in [1.54, 1.807) is 13.8 Å². The lowest BCUT2D eigenvalue weighted by Crippen LogP contribution is -2.57. The van der Waals surface area contributed by atoms with Crippen molar-refractivity contribution in [2.24, 2.45) is 17.8 Å². The van der Waals surface area contributed by atoms with Gasteiger partial charge in [-0.3, -0.25) is 14.4 Å². The lowest BCUT2D eigenvalue weighted by atomic mass is 9.61. The highest BCUT2D eigenvalue weighted by Gasteiger charge is 2.55. The molecule has 0 saturated heterocycles. The number of carboxylic acids is 1. The summed E-state index contributed by atoms with van der Waals surface area (Å²) in [5.74, 6) is -3.91. The Balaban J connectivity index is 2.00. The summed E-state index contributed by atoms with van der Waals surface area (Å²) >= 11 is 0. The molecule has 1 saturated carbocycles. The number of hydrogen-bond donors (Lipinski definition) is 3. The van der Waals surface area contributed by atoms with Gasteiger partial charge in [0.15, 0.2) is 11.6 Å². The summed E-state index contributed by atoms with van der Waals surface area (Å²) in [6, 6.07) is 0. The zero-order chi connectivity index (χ0) is 17.8. The maximum absolute atomic E-state index is 12.9. The van der Waals surface area contributed by atoms with Crippen LogP contribution in [0.1, 0.15) is 33.1 Å². The van der Waals surface area contributed by atoms with Crippen molar-refractivity contribution >= 4 is 17.5 Å². The minimum absolute atomic E-state index is 0.0537. The minimum Gasteiger partial charge on any atom is -0.481 e. The molecule has 3 rings (SSSR count). The molecule has 3 aliphatic rings. The molecule has 5 unspecified atom stereocenters. The van der Waals surface area contributed by atoms with Crippen LogP contribution < -0.4 is 0 Å². The number of ether oxygens (including phenoxy) is 1. The number of fused-ring (bicyclic) bond motifs is 1. The largest absolute Gasteiger partial charge is 0.481 e. The fraction of sp³-hybridized carbons (Fsp3) is 0.706. The highest BCUT2D eigenvalue weighted by molar-refractivity contribution is 6.15. The van der Waals surface area contributed by atoms with Gasteiger partial charge in [-0.1, -0.05) is 6.92 Å². The molecule has 0 spiro atoms. The van der Waals surface area contributed by atoms with Crippen LogP contribution in [0, 0.1) is 17.8 Å². The standard InChI is InChI=1S/C17H22O7/c1-6-3-10(18)13-14(15(6)21)17(23)12-7(2)24-8(5-11(19)20)4-9(12)16(13)22/h6-8,10,13-15,18,21H,3-5H2,1-2H3,(H,19,20)/t6?,7-,8+,10?,13?,14?,15?/m1/s1. The Morgan fingerprint density at radius 1 is 1.17 bits per heavy atom. The van der Waals surface area contributed by atoms with E-state index in [1.807, 2.05) is 0 Å². The zero-order valence-electron chi connectivity index (χ0n) is 13.6. The molecule has 0 aromatic carbocycles. The Hall–Kier alpha value is -1.57. The average molecular weight is 338 g/mol. The Morgan fingerprint density at radius 2 is 1.83 bits per heavy atom. The molecule has 7 heteroatoms. The molecule has 0 radical (unpaired) electrons. The second-order valence-electron chi connectivity index (χ2n) is 7.15. The van der Waals surface area contributed by atoms with Gasteiger partial charge in [-0.2, -0.15) is 0 Å². The van der Waals surface area contributed by atoms with Gasteiger partial charge < -0.3 is 20.1 Å². The van der Waals surface area contributed by atoms with Crippen molar-refractivity contribution in [2.45, 2.75) is 57.5 Å². The van der Waals surface area contributed by atoms with Crippen LogP contribution in [0.2, 0.25) is 0 Å². The Bertz CT molecular complexity index is 622. The van der Waals surface area contributed by atoms with E-state index in [4.69, 9.17) is 9.84 Å². The molecule has 0 amide bonds. The third-order valence-electron chi connectivity index (χ3n) is 5.50. The number of ketones is 2. The lowest BCUT2D eigenvalue weighted by molar-refractivity contribution is -0.154. The Kier molecular flexibility index (Phi) is 4.36. The van der Waals surface area contributed by atoms with Crippen molar-refractivity contribution in [1.82, 2.24) is 0 Å². The smallest absolute Gasteiger partial charge is 0.305 e. The number of aliphatic carboxylic acids is 1. The van der Waals surface area contributed by atoms with E-state index in [-0.39, 0.29) is 47.9 Å². The third kappa shape index (κ3) is 2.60. The van der Waals surface area contributed by atoms with Crippen molar-refractivity contribution in [1.29, 1.82) is 0 Å². The highest BCUT2D eigenvalue weighted by Crippen LogP contribution is 2.45. The summed E-state index contributed by atoms with van der Waals surface area (Å²) in [7, 11) is 0. The monoisotopic (exact) mass is 338 g/mol. The number of carbonyl (C=O) groups is 3. The van der Waals surface area contributed by atoms with Crippen molar-refractivity contribution in [3.8, 4) is 0 Å². The summed E-state index contributed by atoms with van der Waals surface area (Å²) in [6.07, 6.45) is -3.26.